The lowest BCUT2D eigenvalue weighted by atomic mass is 10.0. The van der Waals surface area contributed by atoms with E-state index in [4.69, 9.17) is 16.6 Å². The van der Waals surface area contributed by atoms with E-state index >= 15 is 0 Å². The number of carboxylic acids is 1. The van der Waals surface area contributed by atoms with Crippen LogP contribution in [0.15, 0.2) is 63.9 Å². The zero-order valence-electron chi connectivity index (χ0n) is 16.8. The molecule has 0 saturated carbocycles. The molecule has 3 aromatic rings. The van der Waals surface area contributed by atoms with Crippen molar-refractivity contribution in [3.8, 4) is 11.3 Å². The van der Waals surface area contributed by atoms with Crippen molar-refractivity contribution >= 4 is 51.9 Å². The molecular formula is C23H14F3NO4S2. The van der Waals surface area contributed by atoms with Crippen LogP contribution < -0.4 is 4.90 Å². The Bertz CT molecular complexity index is 1330. The number of benzene rings is 2. The van der Waals surface area contributed by atoms with E-state index in [-0.39, 0.29) is 20.5 Å². The fourth-order valence-corrected chi connectivity index (χ4v) is 4.63. The summed E-state index contributed by atoms with van der Waals surface area (Å²) in [6, 6.07) is 12.5. The van der Waals surface area contributed by atoms with Crippen LogP contribution in [0.2, 0.25) is 0 Å². The third kappa shape index (κ3) is 4.44. The normalized spacial score (nSPS) is 15.5. The highest BCUT2D eigenvalue weighted by molar-refractivity contribution is 8.27. The van der Waals surface area contributed by atoms with Crippen molar-refractivity contribution in [3.05, 3.63) is 82.0 Å². The van der Waals surface area contributed by atoms with Crippen molar-refractivity contribution in [3.63, 3.8) is 0 Å². The largest absolute Gasteiger partial charge is 0.478 e. The van der Waals surface area contributed by atoms with Gasteiger partial charge in [-0.05, 0) is 48.9 Å². The number of thioether (sulfide) groups is 1. The molecule has 168 valence electrons. The van der Waals surface area contributed by atoms with Crippen LogP contribution in [0.25, 0.3) is 17.4 Å². The van der Waals surface area contributed by atoms with Crippen molar-refractivity contribution < 1.29 is 32.3 Å². The van der Waals surface area contributed by atoms with Crippen LogP contribution in [0.5, 0.6) is 0 Å². The summed E-state index contributed by atoms with van der Waals surface area (Å²) in [6.07, 6.45) is -3.10. The van der Waals surface area contributed by atoms with Crippen molar-refractivity contribution in [2.75, 3.05) is 4.90 Å². The Kier molecular flexibility index (Phi) is 5.89. The molecule has 1 aliphatic rings. The first-order valence-corrected chi connectivity index (χ1v) is 10.7. The lowest BCUT2D eigenvalue weighted by molar-refractivity contribution is -0.137. The van der Waals surface area contributed by atoms with Crippen LogP contribution in [-0.4, -0.2) is 21.3 Å². The van der Waals surface area contributed by atoms with E-state index in [0.717, 1.165) is 28.8 Å². The van der Waals surface area contributed by atoms with E-state index in [1.807, 2.05) is 0 Å². The molecule has 0 bridgehead atoms. The van der Waals surface area contributed by atoms with Crippen molar-refractivity contribution in [2.45, 2.75) is 13.1 Å². The predicted octanol–water partition coefficient (Wildman–Crippen LogP) is 6.38. The van der Waals surface area contributed by atoms with Crippen molar-refractivity contribution in [2.24, 2.45) is 0 Å². The standard InChI is InChI=1S/C23H14F3NO4S2/c1-12-16(6-3-7-17(12)21(29)30)18-9-8-15(31-18)11-19-20(28)27(22(32)33-19)14-5-2-4-13(10-14)23(24,25)26/h2-11H,1H3,(H,29,30). The number of amides is 1. The number of furan rings is 1. The number of alkyl halides is 3. The number of hydrogen-bond acceptors (Lipinski definition) is 5. The minimum absolute atomic E-state index is 0.0250. The van der Waals surface area contributed by atoms with Gasteiger partial charge in [0.1, 0.15) is 11.5 Å². The van der Waals surface area contributed by atoms with Gasteiger partial charge in [-0.3, -0.25) is 9.69 Å². The summed E-state index contributed by atoms with van der Waals surface area (Å²) in [5, 5.41) is 9.31. The number of anilines is 1. The van der Waals surface area contributed by atoms with Gasteiger partial charge in [0.15, 0.2) is 4.32 Å². The van der Waals surface area contributed by atoms with E-state index in [2.05, 4.69) is 0 Å². The van der Waals surface area contributed by atoms with E-state index < -0.39 is 23.6 Å². The molecule has 5 nitrogen and oxygen atoms in total. The molecule has 0 spiro atoms. The van der Waals surface area contributed by atoms with Gasteiger partial charge < -0.3 is 9.52 Å². The predicted molar refractivity (Wildman–Crippen MR) is 123 cm³/mol. The van der Waals surface area contributed by atoms with E-state index in [0.29, 0.717) is 22.6 Å². The van der Waals surface area contributed by atoms with Gasteiger partial charge in [-0.25, -0.2) is 4.79 Å². The minimum atomic E-state index is -4.55. The molecule has 0 atom stereocenters. The van der Waals surface area contributed by atoms with Gasteiger partial charge >= 0.3 is 12.1 Å². The second-order valence-corrected chi connectivity index (χ2v) is 8.73. The van der Waals surface area contributed by atoms with Crippen molar-refractivity contribution in [1.82, 2.24) is 0 Å². The van der Waals surface area contributed by atoms with E-state index in [1.54, 1.807) is 31.2 Å². The quantitative estimate of drug-likeness (QED) is 0.339. The minimum Gasteiger partial charge on any atom is -0.478 e. The Hall–Kier alpha value is -3.37. The van der Waals surface area contributed by atoms with Crippen LogP contribution in [0.3, 0.4) is 0 Å². The first kappa shape index (κ1) is 22.8. The molecule has 0 aliphatic carbocycles. The van der Waals surface area contributed by atoms with Gasteiger partial charge in [-0.1, -0.05) is 42.2 Å². The first-order valence-electron chi connectivity index (χ1n) is 9.44. The Morgan fingerprint density at radius 1 is 1.15 bits per heavy atom. The maximum Gasteiger partial charge on any atom is 0.416 e. The number of rotatable bonds is 4. The lowest BCUT2D eigenvalue weighted by Gasteiger charge is -2.16. The zero-order chi connectivity index (χ0) is 23.9. The number of halogens is 3. The highest BCUT2D eigenvalue weighted by Crippen LogP contribution is 2.39. The number of aromatic carboxylic acids is 1. The lowest BCUT2D eigenvalue weighted by Crippen LogP contribution is -2.27. The molecule has 1 aliphatic heterocycles. The average molecular weight is 489 g/mol. The maximum atomic E-state index is 13.1. The molecular weight excluding hydrogens is 475 g/mol. The zero-order valence-corrected chi connectivity index (χ0v) is 18.5. The molecule has 1 fully saturated rings. The number of nitrogens with zero attached hydrogens (tertiary/aromatic N) is 1. The molecule has 1 amide bonds. The highest BCUT2D eigenvalue weighted by Gasteiger charge is 2.36. The Morgan fingerprint density at radius 3 is 2.58 bits per heavy atom. The van der Waals surface area contributed by atoms with E-state index in [1.165, 1.54) is 24.3 Å². The molecule has 1 aromatic heterocycles. The fourth-order valence-electron chi connectivity index (χ4n) is 3.35. The molecule has 1 saturated heterocycles. The van der Waals surface area contributed by atoms with Crippen molar-refractivity contribution in [1.29, 1.82) is 0 Å². The summed E-state index contributed by atoms with van der Waals surface area (Å²) in [4.78, 5) is 25.5. The van der Waals surface area contributed by atoms with Gasteiger partial charge in [0, 0.05) is 11.6 Å². The molecule has 1 N–H and O–H groups in total. The average Bonchev–Trinajstić information content (AvgIpc) is 3.31. The number of carboxylic acid groups (broad SMARTS) is 1. The second-order valence-electron chi connectivity index (χ2n) is 7.05. The molecule has 33 heavy (non-hydrogen) atoms. The van der Waals surface area contributed by atoms with E-state index in [9.17, 15) is 27.9 Å². The Balaban J connectivity index is 1.63. The number of thiocarbonyl (C=S) groups is 1. The summed E-state index contributed by atoms with van der Waals surface area (Å²) >= 11 is 6.18. The molecule has 2 heterocycles. The molecule has 0 radical (unpaired) electrons. The van der Waals surface area contributed by atoms with Crippen LogP contribution in [0, 0.1) is 6.92 Å². The monoisotopic (exact) mass is 489 g/mol. The Labute approximate surface area is 195 Å². The van der Waals surface area contributed by atoms with Gasteiger partial charge in [-0.15, -0.1) is 0 Å². The third-order valence-corrected chi connectivity index (χ3v) is 6.26. The number of carbonyl (C=O) groups is 2. The van der Waals surface area contributed by atoms with Gasteiger partial charge in [0.25, 0.3) is 5.91 Å². The van der Waals surface area contributed by atoms with Gasteiger partial charge in [-0.2, -0.15) is 13.2 Å². The fraction of sp³-hybridized carbons (Fsp3) is 0.0870. The summed E-state index contributed by atoms with van der Waals surface area (Å²) < 4.78 is 45.1. The topological polar surface area (TPSA) is 70.8 Å². The smallest absolute Gasteiger partial charge is 0.416 e. The van der Waals surface area contributed by atoms with Crippen LogP contribution >= 0.6 is 24.0 Å². The highest BCUT2D eigenvalue weighted by atomic mass is 32.2. The third-order valence-electron chi connectivity index (χ3n) is 4.96. The molecule has 0 unspecified atom stereocenters. The van der Waals surface area contributed by atoms with Gasteiger partial charge in [0.2, 0.25) is 0 Å². The first-order chi connectivity index (χ1) is 15.6. The summed E-state index contributed by atoms with van der Waals surface area (Å²) in [6.45, 7) is 1.67. The number of hydrogen-bond donors (Lipinski definition) is 1. The Morgan fingerprint density at radius 2 is 1.88 bits per heavy atom. The molecule has 2 aromatic carbocycles. The second kappa shape index (κ2) is 8.53. The summed E-state index contributed by atoms with van der Waals surface area (Å²) in [5.41, 5.74) is 0.407. The molecule has 4 rings (SSSR count). The van der Waals surface area contributed by atoms with Crippen LogP contribution in [0.1, 0.15) is 27.2 Å². The van der Waals surface area contributed by atoms with Crippen LogP contribution in [-0.2, 0) is 11.0 Å². The maximum absolute atomic E-state index is 13.1. The SMILES string of the molecule is Cc1c(C(=O)O)cccc1-c1ccc(C=C2SC(=S)N(c3cccc(C(F)(F)F)c3)C2=O)o1. The summed E-state index contributed by atoms with van der Waals surface area (Å²) in [5.74, 6) is -0.893. The molecule has 10 heteroatoms. The number of carbonyl (C=O) groups excluding carboxylic acids is 1. The van der Waals surface area contributed by atoms with Gasteiger partial charge in [0.05, 0.1) is 21.7 Å². The van der Waals surface area contributed by atoms with Crippen LogP contribution in [0.4, 0.5) is 18.9 Å². The summed E-state index contributed by atoms with van der Waals surface area (Å²) in [7, 11) is 0.